The van der Waals surface area contributed by atoms with Crippen LogP contribution in [-0.2, 0) is 11.0 Å². The summed E-state index contributed by atoms with van der Waals surface area (Å²) in [7, 11) is 0. The predicted molar refractivity (Wildman–Crippen MR) is 129 cm³/mol. The number of aliphatic carboxylic acids is 1. The third kappa shape index (κ3) is 5.78. The van der Waals surface area contributed by atoms with Crippen LogP contribution < -0.4 is 9.47 Å². The van der Waals surface area contributed by atoms with Crippen LogP contribution in [-0.4, -0.2) is 21.7 Å². The minimum Gasteiger partial charge on any atom is -0.485 e. The average Bonchev–Trinajstić information content (AvgIpc) is 3.17. The van der Waals surface area contributed by atoms with Crippen molar-refractivity contribution in [2.75, 3.05) is 0 Å². The largest absolute Gasteiger partial charge is 0.485 e. The fraction of sp³-hybridized carbons (Fsp3) is 0.385. The molecule has 5 nitrogen and oxygen atoms in total. The minimum atomic E-state index is -4.39. The van der Waals surface area contributed by atoms with E-state index >= 15 is 0 Å². The van der Waals surface area contributed by atoms with Crippen molar-refractivity contribution in [2.24, 2.45) is 0 Å². The van der Waals surface area contributed by atoms with Crippen molar-refractivity contribution in [1.29, 1.82) is 0 Å². The number of thiazole rings is 1. The van der Waals surface area contributed by atoms with Gasteiger partial charge in [0.15, 0.2) is 5.60 Å². The maximum Gasteiger partial charge on any atom is 0.416 e. The van der Waals surface area contributed by atoms with Crippen LogP contribution in [0.4, 0.5) is 13.2 Å². The maximum absolute atomic E-state index is 12.9. The molecule has 0 aliphatic rings. The van der Waals surface area contributed by atoms with Crippen molar-refractivity contribution < 1.29 is 32.5 Å². The summed E-state index contributed by atoms with van der Waals surface area (Å²) in [6.45, 7) is 10.5. The van der Waals surface area contributed by atoms with Crippen LogP contribution in [0.5, 0.6) is 11.5 Å². The molecule has 0 fully saturated rings. The van der Waals surface area contributed by atoms with E-state index in [-0.39, 0.29) is 6.10 Å². The molecule has 3 rings (SSSR count). The number of ether oxygens (including phenoxy) is 2. The van der Waals surface area contributed by atoms with Crippen molar-refractivity contribution in [3.8, 4) is 22.1 Å². The summed E-state index contributed by atoms with van der Waals surface area (Å²) in [5, 5.41) is 9.98. The topological polar surface area (TPSA) is 68.7 Å². The van der Waals surface area contributed by atoms with E-state index in [1.165, 1.54) is 37.3 Å². The lowest BCUT2D eigenvalue weighted by Gasteiger charge is -2.25. The highest BCUT2D eigenvalue weighted by Gasteiger charge is 2.31. The second-order valence-corrected chi connectivity index (χ2v) is 9.82. The van der Waals surface area contributed by atoms with E-state index < -0.39 is 23.3 Å². The van der Waals surface area contributed by atoms with Gasteiger partial charge in [-0.15, -0.1) is 11.3 Å². The maximum atomic E-state index is 12.9. The number of alkyl halides is 3. The van der Waals surface area contributed by atoms with Gasteiger partial charge in [0.2, 0.25) is 0 Å². The van der Waals surface area contributed by atoms with E-state index in [4.69, 9.17) is 9.47 Å². The molecule has 0 radical (unpaired) electrons. The first kappa shape index (κ1) is 26.5. The molecule has 1 heterocycles. The Hall–Kier alpha value is -3.07. The molecular weight excluding hydrogens is 479 g/mol. The third-order valence-electron chi connectivity index (χ3n) is 5.79. The minimum absolute atomic E-state index is 0.309. The summed E-state index contributed by atoms with van der Waals surface area (Å²) in [4.78, 5) is 16.9. The lowest BCUT2D eigenvalue weighted by atomic mass is 10.1. The highest BCUT2D eigenvalue weighted by atomic mass is 32.1. The van der Waals surface area contributed by atoms with E-state index in [0.29, 0.717) is 28.5 Å². The Balaban J connectivity index is 1.86. The van der Waals surface area contributed by atoms with Gasteiger partial charge < -0.3 is 14.6 Å². The molecule has 9 heteroatoms. The summed E-state index contributed by atoms with van der Waals surface area (Å²) in [5.41, 5.74) is 0.899. The first-order valence-electron chi connectivity index (χ1n) is 11.1. The molecule has 1 atom stereocenters. The number of halogens is 3. The summed E-state index contributed by atoms with van der Waals surface area (Å²) in [6.07, 6.45) is -4.04. The van der Waals surface area contributed by atoms with Crippen molar-refractivity contribution >= 4 is 17.3 Å². The molecule has 0 amide bonds. The van der Waals surface area contributed by atoms with Crippen LogP contribution in [0.25, 0.3) is 10.6 Å². The zero-order chi connectivity index (χ0) is 26.1. The number of aromatic nitrogens is 1. The van der Waals surface area contributed by atoms with Crippen molar-refractivity contribution in [3.63, 3.8) is 0 Å². The van der Waals surface area contributed by atoms with Gasteiger partial charge in [0.1, 0.15) is 22.6 Å². The standard InChI is InChI=1S/C26H28F3NO4S/c1-7-19(33-20-12-13-21(15(3)14(20)2)34-25(5,6)24(31)32)22-16(4)30-23(35-22)17-8-10-18(11-9-17)26(27,28)29/h8-13,19H,7H2,1-6H3,(H,31,32). The molecule has 1 aromatic heterocycles. The molecule has 0 bridgehead atoms. The molecule has 0 saturated heterocycles. The summed E-state index contributed by atoms with van der Waals surface area (Å²) in [6, 6.07) is 8.42. The zero-order valence-corrected chi connectivity index (χ0v) is 21.2. The van der Waals surface area contributed by atoms with Gasteiger partial charge in [-0.05, 0) is 76.4 Å². The number of carbonyl (C=O) groups is 1. The van der Waals surface area contributed by atoms with Crippen LogP contribution in [0.2, 0.25) is 0 Å². The van der Waals surface area contributed by atoms with Gasteiger partial charge >= 0.3 is 12.1 Å². The Morgan fingerprint density at radius 1 is 1.03 bits per heavy atom. The molecule has 1 unspecified atom stereocenters. The fourth-order valence-electron chi connectivity index (χ4n) is 3.44. The van der Waals surface area contributed by atoms with Gasteiger partial charge in [-0.3, -0.25) is 0 Å². The fourth-order valence-corrected chi connectivity index (χ4v) is 4.62. The van der Waals surface area contributed by atoms with Crippen LogP contribution >= 0.6 is 11.3 Å². The lowest BCUT2D eigenvalue weighted by Crippen LogP contribution is -2.38. The second kappa shape index (κ2) is 9.89. The Morgan fingerprint density at radius 3 is 2.14 bits per heavy atom. The number of carboxylic acids is 1. The number of hydrogen-bond acceptors (Lipinski definition) is 5. The number of nitrogens with zero attached hydrogens (tertiary/aromatic N) is 1. The van der Waals surface area contributed by atoms with E-state index in [9.17, 15) is 23.1 Å². The van der Waals surface area contributed by atoms with E-state index in [2.05, 4.69) is 4.98 Å². The predicted octanol–water partition coefficient (Wildman–Crippen LogP) is 7.53. The molecule has 0 saturated carbocycles. The SMILES string of the molecule is CCC(Oc1ccc(OC(C)(C)C(=O)O)c(C)c1C)c1sc(-c2ccc(C(F)(F)F)cc2)nc1C. The normalized spacial score (nSPS) is 12.9. The molecule has 188 valence electrons. The quantitative estimate of drug-likeness (QED) is 0.341. The summed E-state index contributed by atoms with van der Waals surface area (Å²) < 4.78 is 50.7. The lowest BCUT2D eigenvalue weighted by molar-refractivity contribution is -0.152. The van der Waals surface area contributed by atoms with Crippen LogP contribution in [0.3, 0.4) is 0 Å². The average molecular weight is 508 g/mol. The Bertz CT molecular complexity index is 1220. The van der Waals surface area contributed by atoms with E-state index in [0.717, 1.165) is 33.8 Å². The molecular formula is C26H28F3NO4S. The van der Waals surface area contributed by atoms with Gasteiger partial charge in [0.25, 0.3) is 0 Å². The van der Waals surface area contributed by atoms with Gasteiger partial charge in [-0.2, -0.15) is 13.2 Å². The smallest absolute Gasteiger partial charge is 0.416 e. The number of benzene rings is 2. The number of hydrogen-bond donors (Lipinski definition) is 1. The molecule has 2 aromatic carbocycles. The number of rotatable bonds is 8. The molecule has 0 aliphatic carbocycles. The van der Waals surface area contributed by atoms with E-state index in [1.54, 1.807) is 12.1 Å². The van der Waals surface area contributed by atoms with Crippen molar-refractivity contribution in [3.05, 3.63) is 63.7 Å². The zero-order valence-electron chi connectivity index (χ0n) is 20.4. The van der Waals surface area contributed by atoms with Gasteiger partial charge in [-0.25, -0.2) is 9.78 Å². The van der Waals surface area contributed by atoms with Gasteiger partial charge in [0, 0.05) is 5.56 Å². The molecule has 0 aliphatic heterocycles. The van der Waals surface area contributed by atoms with Crippen LogP contribution in [0, 0.1) is 20.8 Å². The summed E-state index contributed by atoms with van der Waals surface area (Å²) >= 11 is 1.39. The third-order valence-corrected chi connectivity index (χ3v) is 7.09. The van der Waals surface area contributed by atoms with Crippen LogP contribution in [0.1, 0.15) is 60.6 Å². The van der Waals surface area contributed by atoms with Crippen molar-refractivity contribution in [1.82, 2.24) is 4.98 Å². The van der Waals surface area contributed by atoms with Gasteiger partial charge in [0.05, 0.1) is 16.1 Å². The van der Waals surface area contributed by atoms with Crippen LogP contribution in [0.15, 0.2) is 36.4 Å². The number of carboxylic acid groups (broad SMARTS) is 1. The first-order chi connectivity index (χ1) is 16.2. The van der Waals surface area contributed by atoms with Crippen molar-refractivity contribution in [2.45, 2.75) is 65.8 Å². The van der Waals surface area contributed by atoms with Gasteiger partial charge in [-0.1, -0.05) is 19.1 Å². The summed E-state index contributed by atoms with van der Waals surface area (Å²) in [5.74, 6) is 0.0398. The Morgan fingerprint density at radius 2 is 1.60 bits per heavy atom. The first-order valence-corrected chi connectivity index (χ1v) is 11.9. The molecule has 3 aromatic rings. The molecule has 0 spiro atoms. The number of aryl methyl sites for hydroxylation is 1. The Labute approximate surface area is 206 Å². The molecule has 1 N–H and O–H groups in total. The highest BCUT2D eigenvalue weighted by molar-refractivity contribution is 7.15. The van der Waals surface area contributed by atoms with E-state index in [1.807, 2.05) is 27.7 Å². The Kier molecular flexibility index (Phi) is 7.50. The molecule has 35 heavy (non-hydrogen) atoms. The second-order valence-electron chi connectivity index (χ2n) is 8.79. The highest BCUT2D eigenvalue weighted by Crippen LogP contribution is 2.39. The monoisotopic (exact) mass is 507 g/mol.